The van der Waals surface area contributed by atoms with Crippen LogP contribution in [0.15, 0.2) is 33.9 Å². The number of amides is 1. The topological polar surface area (TPSA) is 121 Å². The van der Waals surface area contributed by atoms with Gasteiger partial charge in [0.1, 0.15) is 12.1 Å². The molecule has 0 unspecified atom stereocenters. The lowest BCUT2D eigenvalue weighted by Gasteiger charge is -2.23. The number of carboxylic acid groups (broad SMARTS) is 1. The molecule has 8 nitrogen and oxygen atoms in total. The van der Waals surface area contributed by atoms with E-state index < -0.39 is 35.2 Å². The number of aromatic nitrogens is 2. The van der Waals surface area contributed by atoms with Crippen molar-refractivity contribution in [3.05, 3.63) is 45.1 Å². The maximum Gasteiger partial charge on any atom is 0.329 e. The molecule has 1 heterocycles. The van der Waals surface area contributed by atoms with Gasteiger partial charge in [0.05, 0.1) is 10.9 Å². The molecule has 152 valence electrons. The summed E-state index contributed by atoms with van der Waals surface area (Å²) >= 11 is 0. The van der Waals surface area contributed by atoms with Crippen molar-refractivity contribution in [1.82, 2.24) is 14.9 Å². The van der Waals surface area contributed by atoms with Crippen LogP contribution in [0.25, 0.3) is 10.9 Å². The van der Waals surface area contributed by atoms with Crippen LogP contribution in [-0.4, -0.2) is 32.6 Å². The second kappa shape index (κ2) is 8.86. The lowest BCUT2D eigenvalue weighted by atomic mass is 10.0. The summed E-state index contributed by atoms with van der Waals surface area (Å²) in [5.41, 5.74) is -0.878. The Hall–Kier alpha value is -2.90. The van der Waals surface area contributed by atoms with Gasteiger partial charge in [0.15, 0.2) is 0 Å². The Balaban J connectivity index is 2.51. The number of benzene rings is 1. The first-order chi connectivity index (χ1) is 13.1. The number of carboxylic acids is 1. The van der Waals surface area contributed by atoms with Crippen LogP contribution in [0, 0.1) is 11.8 Å². The van der Waals surface area contributed by atoms with Gasteiger partial charge in [-0.3, -0.25) is 9.59 Å². The Labute approximate surface area is 162 Å². The summed E-state index contributed by atoms with van der Waals surface area (Å²) in [6.07, 6.45) is 0.472. The van der Waals surface area contributed by atoms with Crippen molar-refractivity contribution >= 4 is 22.8 Å². The normalized spacial score (nSPS) is 13.6. The van der Waals surface area contributed by atoms with Gasteiger partial charge in [-0.25, -0.2) is 14.2 Å². The van der Waals surface area contributed by atoms with E-state index in [1.165, 1.54) is 0 Å². The van der Waals surface area contributed by atoms with Crippen LogP contribution in [0.3, 0.4) is 0 Å². The third-order valence-corrected chi connectivity index (χ3v) is 4.47. The zero-order chi connectivity index (χ0) is 21.0. The number of rotatable bonds is 8. The molecule has 0 aliphatic heterocycles. The SMILES string of the molecule is CC(C)C[C@@H](NC(=O)[C@H](CC(C)C)n1c(=O)[nH]c2ccccc2c1=O)C(=O)O. The largest absolute Gasteiger partial charge is 0.480 e. The first-order valence-corrected chi connectivity index (χ1v) is 9.38. The lowest BCUT2D eigenvalue weighted by Crippen LogP contribution is -2.49. The van der Waals surface area contributed by atoms with Crippen LogP contribution in [0.1, 0.15) is 46.6 Å². The zero-order valence-electron chi connectivity index (χ0n) is 16.6. The molecule has 0 spiro atoms. The van der Waals surface area contributed by atoms with E-state index in [-0.39, 0.29) is 24.7 Å². The molecular formula is C20H27N3O5. The van der Waals surface area contributed by atoms with Crippen molar-refractivity contribution in [2.24, 2.45) is 11.8 Å². The van der Waals surface area contributed by atoms with E-state index in [1.54, 1.807) is 24.3 Å². The third-order valence-electron chi connectivity index (χ3n) is 4.47. The standard InChI is InChI=1S/C20H27N3O5/c1-11(2)9-15(19(26)27)21-17(24)16(10-12(3)4)23-18(25)13-7-5-6-8-14(13)22-20(23)28/h5-8,11-12,15-16H,9-10H2,1-4H3,(H,21,24)(H,22,28)(H,26,27)/t15-,16+/m1/s1. The first-order valence-electron chi connectivity index (χ1n) is 9.38. The summed E-state index contributed by atoms with van der Waals surface area (Å²) in [4.78, 5) is 52.6. The Morgan fingerprint density at radius 3 is 2.25 bits per heavy atom. The molecule has 2 rings (SSSR count). The second-order valence-electron chi connectivity index (χ2n) is 7.83. The quantitative estimate of drug-likeness (QED) is 0.637. The number of aromatic amines is 1. The minimum Gasteiger partial charge on any atom is -0.480 e. The highest BCUT2D eigenvalue weighted by molar-refractivity contribution is 5.86. The average Bonchev–Trinajstić information content (AvgIpc) is 2.59. The van der Waals surface area contributed by atoms with E-state index in [2.05, 4.69) is 10.3 Å². The van der Waals surface area contributed by atoms with Gasteiger partial charge in [0.2, 0.25) is 5.91 Å². The molecule has 3 N–H and O–H groups in total. The van der Waals surface area contributed by atoms with E-state index >= 15 is 0 Å². The Bertz CT molecular complexity index is 974. The maximum absolute atomic E-state index is 12.9. The van der Waals surface area contributed by atoms with Crippen LogP contribution in [0.5, 0.6) is 0 Å². The summed E-state index contributed by atoms with van der Waals surface area (Å²) in [6, 6.07) is 4.37. The van der Waals surface area contributed by atoms with Crippen molar-refractivity contribution in [1.29, 1.82) is 0 Å². The van der Waals surface area contributed by atoms with Crippen LogP contribution < -0.4 is 16.6 Å². The predicted molar refractivity (Wildman–Crippen MR) is 106 cm³/mol. The highest BCUT2D eigenvalue weighted by atomic mass is 16.4. The molecule has 0 saturated heterocycles. The number of hydrogen-bond acceptors (Lipinski definition) is 4. The smallest absolute Gasteiger partial charge is 0.329 e. The molecule has 0 saturated carbocycles. The molecule has 28 heavy (non-hydrogen) atoms. The fourth-order valence-corrected chi connectivity index (χ4v) is 3.20. The minimum atomic E-state index is -1.15. The van der Waals surface area contributed by atoms with Crippen molar-refractivity contribution in [3.8, 4) is 0 Å². The number of hydrogen-bond donors (Lipinski definition) is 3. The predicted octanol–water partition coefficient (Wildman–Crippen LogP) is 1.89. The summed E-state index contributed by atoms with van der Waals surface area (Å²) in [5.74, 6) is -1.74. The van der Waals surface area contributed by atoms with Gasteiger partial charge in [0, 0.05) is 0 Å². The fraction of sp³-hybridized carbons (Fsp3) is 0.500. The molecule has 0 aliphatic carbocycles. The molecule has 0 bridgehead atoms. The van der Waals surface area contributed by atoms with Crippen LogP contribution in [0.2, 0.25) is 0 Å². The van der Waals surface area contributed by atoms with Crippen molar-refractivity contribution in [2.45, 2.75) is 52.6 Å². The number of fused-ring (bicyclic) bond motifs is 1. The number of carbonyl (C=O) groups is 2. The number of para-hydroxylation sites is 1. The van der Waals surface area contributed by atoms with Crippen molar-refractivity contribution < 1.29 is 14.7 Å². The number of aliphatic carboxylic acids is 1. The van der Waals surface area contributed by atoms with E-state index in [1.807, 2.05) is 27.7 Å². The van der Waals surface area contributed by atoms with Crippen molar-refractivity contribution in [2.75, 3.05) is 0 Å². The highest BCUT2D eigenvalue weighted by Crippen LogP contribution is 2.17. The van der Waals surface area contributed by atoms with Crippen LogP contribution >= 0.6 is 0 Å². The number of carbonyl (C=O) groups excluding carboxylic acids is 1. The summed E-state index contributed by atoms with van der Waals surface area (Å²) in [7, 11) is 0. The van der Waals surface area contributed by atoms with Gasteiger partial charge < -0.3 is 15.4 Å². The molecule has 0 fully saturated rings. The molecule has 0 aliphatic rings. The Morgan fingerprint density at radius 1 is 1.07 bits per heavy atom. The van der Waals surface area contributed by atoms with Gasteiger partial charge in [-0.2, -0.15) is 0 Å². The minimum absolute atomic E-state index is 0.00176. The van der Waals surface area contributed by atoms with E-state index in [0.717, 1.165) is 4.57 Å². The van der Waals surface area contributed by atoms with Crippen LogP contribution in [0.4, 0.5) is 0 Å². The van der Waals surface area contributed by atoms with E-state index in [9.17, 15) is 24.3 Å². The summed E-state index contributed by atoms with van der Waals surface area (Å²) in [5, 5.41) is 12.2. The Morgan fingerprint density at radius 2 is 1.68 bits per heavy atom. The summed E-state index contributed by atoms with van der Waals surface area (Å²) < 4.78 is 0.895. The maximum atomic E-state index is 12.9. The average molecular weight is 389 g/mol. The molecule has 1 amide bonds. The van der Waals surface area contributed by atoms with Crippen LogP contribution in [-0.2, 0) is 9.59 Å². The van der Waals surface area contributed by atoms with Gasteiger partial charge in [-0.15, -0.1) is 0 Å². The Kier molecular flexibility index (Phi) is 6.77. The zero-order valence-corrected chi connectivity index (χ0v) is 16.6. The fourth-order valence-electron chi connectivity index (χ4n) is 3.20. The number of H-pyrrole nitrogens is 1. The van der Waals surface area contributed by atoms with Gasteiger partial charge in [0.25, 0.3) is 5.56 Å². The number of nitrogens with one attached hydrogen (secondary N) is 2. The molecular weight excluding hydrogens is 362 g/mol. The van der Waals surface area contributed by atoms with Gasteiger partial charge in [-0.05, 0) is 36.8 Å². The summed E-state index contributed by atoms with van der Waals surface area (Å²) in [6.45, 7) is 7.44. The van der Waals surface area contributed by atoms with E-state index in [4.69, 9.17) is 0 Å². The van der Waals surface area contributed by atoms with Gasteiger partial charge >= 0.3 is 11.7 Å². The third kappa shape index (κ3) is 4.88. The monoisotopic (exact) mass is 389 g/mol. The van der Waals surface area contributed by atoms with Crippen molar-refractivity contribution in [3.63, 3.8) is 0 Å². The highest BCUT2D eigenvalue weighted by Gasteiger charge is 2.30. The number of nitrogens with zero attached hydrogens (tertiary/aromatic N) is 1. The molecule has 1 aromatic carbocycles. The first kappa shape index (κ1) is 21.4. The molecule has 0 radical (unpaired) electrons. The molecule has 2 atom stereocenters. The van der Waals surface area contributed by atoms with E-state index in [0.29, 0.717) is 10.9 Å². The molecule has 1 aromatic heterocycles. The molecule has 8 heteroatoms. The van der Waals surface area contributed by atoms with Gasteiger partial charge in [-0.1, -0.05) is 39.8 Å². The lowest BCUT2D eigenvalue weighted by molar-refractivity contribution is -0.142. The molecule has 2 aromatic rings. The second-order valence-corrected chi connectivity index (χ2v) is 7.83.